The third-order valence-corrected chi connectivity index (χ3v) is 4.49. The van der Waals surface area contributed by atoms with Gasteiger partial charge in [0.1, 0.15) is 4.90 Å². The van der Waals surface area contributed by atoms with Gasteiger partial charge in [-0.05, 0) is 19.1 Å². The zero-order valence-electron chi connectivity index (χ0n) is 11.5. The SMILES string of the molecule is COCCN(CCOC)S(=O)(=O)c1ccc(C)nc1. The van der Waals surface area contributed by atoms with E-state index in [9.17, 15) is 8.42 Å². The van der Waals surface area contributed by atoms with E-state index in [1.54, 1.807) is 12.1 Å². The maximum atomic E-state index is 12.4. The van der Waals surface area contributed by atoms with E-state index < -0.39 is 10.0 Å². The summed E-state index contributed by atoms with van der Waals surface area (Å²) in [5, 5.41) is 0. The smallest absolute Gasteiger partial charge is 0.244 e. The van der Waals surface area contributed by atoms with E-state index in [-0.39, 0.29) is 18.0 Å². The zero-order valence-corrected chi connectivity index (χ0v) is 12.3. The molecule has 0 aliphatic carbocycles. The van der Waals surface area contributed by atoms with Gasteiger partial charge < -0.3 is 9.47 Å². The topological polar surface area (TPSA) is 68.7 Å². The molecule has 0 bridgehead atoms. The average molecular weight is 288 g/mol. The number of hydrogen-bond acceptors (Lipinski definition) is 5. The molecule has 6 nitrogen and oxygen atoms in total. The molecule has 0 saturated carbocycles. The van der Waals surface area contributed by atoms with Gasteiger partial charge in [0.15, 0.2) is 0 Å². The molecule has 0 saturated heterocycles. The van der Waals surface area contributed by atoms with Crippen molar-refractivity contribution in [2.45, 2.75) is 11.8 Å². The van der Waals surface area contributed by atoms with Crippen LogP contribution in [0.5, 0.6) is 0 Å². The summed E-state index contributed by atoms with van der Waals surface area (Å²) in [6.07, 6.45) is 1.37. The van der Waals surface area contributed by atoms with Crippen molar-refractivity contribution in [3.63, 3.8) is 0 Å². The molecule has 0 spiro atoms. The molecule has 1 rings (SSSR count). The Labute approximate surface area is 114 Å². The Morgan fingerprint density at radius 2 is 1.74 bits per heavy atom. The predicted octanol–water partition coefficient (Wildman–Crippen LogP) is 0.674. The lowest BCUT2D eigenvalue weighted by atomic mass is 10.4. The minimum atomic E-state index is -3.55. The van der Waals surface area contributed by atoms with Crippen molar-refractivity contribution in [3.8, 4) is 0 Å². The summed E-state index contributed by atoms with van der Waals surface area (Å²) in [5.41, 5.74) is 0.777. The molecule has 1 aromatic heterocycles. The van der Waals surface area contributed by atoms with Crippen LogP contribution in [0.4, 0.5) is 0 Å². The second-order valence-corrected chi connectivity index (χ2v) is 5.96. The van der Waals surface area contributed by atoms with Crippen LogP contribution < -0.4 is 0 Å². The van der Waals surface area contributed by atoms with Gasteiger partial charge in [-0.2, -0.15) is 4.31 Å². The van der Waals surface area contributed by atoms with Gasteiger partial charge in [-0.1, -0.05) is 0 Å². The lowest BCUT2D eigenvalue weighted by Crippen LogP contribution is -2.36. The number of ether oxygens (including phenoxy) is 2. The van der Waals surface area contributed by atoms with Crippen molar-refractivity contribution >= 4 is 10.0 Å². The largest absolute Gasteiger partial charge is 0.383 e. The molecule has 108 valence electrons. The Morgan fingerprint density at radius 3 is 2.16 bits per heavy atom. The number of aryl methyl sites for hydroxylation is 1. The molecule has 0 aliphatic rings. The summed E-state index contributed by atoms with van der Waals surface area (Å²) in [6.45, 7) is 3.06. The first-order valence-corrected chi connectivity index (χ1v) is 7.37. The lowest BCUT2D eigenvalue weighted by Gasteiger charge is -2.21. The summed E-state index contributed by atoms with van der Waals surface area (Å²) in [6, 6.07) is 3.24. The predicted molar refractivity (Wildman–Crippen MR) is 71.5 cm³/mol. The zero-order chi connectivity index (χ0) is 14.3. The maximum Gasteiger partial charge on any atom is 0.244 e. The second-order valence-electron chi connectivity index (χ2n) is 4.02. The van der Waals surface area contributed by atoms with Gasteiger partial charge >= 0.3 is 0 Å². The molecule has 7 heteroatoms. The summed E-state index contributed by atoms with van der Waals surface area (Å²) in [7, 11) is -0.479. The molecule has 0 N–H and O–H groups in total. The van der Waals surface area contributed by atoms with Crippen LogP contribution in [-0.4, -0.2) is 58.2 Å². The van der Waals surface area contributed by atoms with Gasteiger partial charge in [-0.3, -0.25) is 4.98 Å². The van der Waals surface area contributed by atoms with Gasteiger partial charge in [0.25, 0.3) is 0 Å². The van der Waals surface area contributed by atoms with E-state index in [4.69, 9.17) is 9.47 Å². The van der Waals surface area contributed by atoms with E-state index in [1.807, 2.05) is 6.92 Å². The fraction of sp³-hybridized carbons (Fsp3) is 0.583. The highest BCUT2D eigenvalue weighted by Crippen LogP contribution is 2.14. The van der Waals surface area contributed by atoms with Crippen molar-refractivity contribution in [2.75, 3.05) is 40.5 Å². The monoisotopic (exact) mass is 288 g/mol. The minimum absolute atomic E-state index is 0.185. The summed E-state index contributed by atoms with van der Waals surface area (Å²) in [4.78, 5) is 4.21. The first kappa shape index (κ1) is 16.0. The Balaban J connectivity index is 2.93. The maximum absolute atomic E-state index is 12.4. The number of pyridine rings is 1. The first-order chi connectivity index (χ1) is 9.02. The number of methoxy groups -OCH3 is 2. The Morgan fingerprint density at radius 1 is 1.16 bits per heavy atom. The molecule has 0 unspecified atom stereocenters. The van der Waals surface area contributed by atoms with E-state index in [0.717, 1.165) is 5.69 Å². The number of hydrogen-bond donors (Lipinski definition) is 0. The van der Waals surface area contributed by atoms with Crippen molar-refractivity contribution in [1.29, 1.82) is 0 Å². The Bertz CT molecular complexity index is 465. The van der Waals surface area contributed by atoms with Gasteiger partial charge in [-0.15, -0.1) is 0 Å². The standard InChI is InChI=1S/C12H20N2O4S/c1-11-4-5-12(10-13-11)19(15,16)14(6-8-17-2)7-9-18-3/h4-5,10H,6-9H2,1-3H3. The van der Waals surface area contributed by atoms with Crippen LogP contribution >= 0.6 is 0 Å². The first-order valence-electron chi connectivity index (χ1n) is 5.93. The van der Waals surface area contributed by atoms with Gasteiger partial charge in [0, 0.05) is 39.2 Å². The lowest BCUT2D eigenvalue weighted by molar-refractivity contribution is 0.150. The van der Waals surface area contributed by atoms with Crippen molar-refractivity contribution in [3.05, 3.63) is 24.0 Å². The molecular formula is C12H20N2O4S. The quantitative estimate of drug-likeness (QED) is 0.703. The highest BCUT2D eigenvalue weighted by Gasteiger charge is 2.24. The third-order valence-electron chi connectivity index (χ3n) is 2.61. The molecule has 0 atom stereocenters. The molecular weight excluding hydrogens is 268 g/mol. The summed E-state index contributed by atoms with van der Waals surface area (Å²) < 4.78 is 36.1. The summed E-state index contributed by atoms with van der Waals surface area (Å²) >= 11 is 0. The van der Waals surface area contributed by atoms with Crippen LogP contribution in [0.1, 0.15) is 5.69 Å². The van der Waals surface area contributed by atoms with Crippen LogP contribution in [0.25, 0.3) is 0 Å². The highest BCUT2D eigenvalue weighted by molar-refractivity contribution is 7.89. The minimum Gasteiger partial charge on any atom is -0.383 e. The van der Waals surface area contributed by atoms with Crippen LogP contribution in [0.3, 0.4) is 0 Å². The molecule has 0 fully saturated rings. The second kappa shape index (κ2) is 7.54. The highest BCUT2D eigenvalue weighted by atomic mass is 32.2. The molecule has 0 radical (unpaired) electrons. The van der Waals surface area contributed by atoms with Crippen LogP contribution in [0.15, 0.2) is 23.2 Å². The van der Waals surface area contributed by atoms with E-state index in [0.29, 0.717) is 13.2 Å². The van der Waals surface area contributed by atoms with E-state index in [1.165, 1.54) is 24.7 Å². The van der Waals surface area contributed by atoms with Crippen LogP contribution in [-0.2, 0) is 19.5 Å². The van der Waals surface area contributed by atoms with E-state index >= 15 is 0 Å². The Hall–Kier alpha value is -1.02. The number of sulfonamides is 1. The fourth-order valence-corrected chi connectivity index (χ4v) is 2.85. The molecule has 0 amide bonds. The Kier molecular flexibility index (Phi) is 6.36. The van der Waals surface area contributed by atoms with Crippen molar-refractivity contribution in [1.82, 2.24) is 9.29 Å². The number of nitrogens with zero attached hydrogens (tertiary/aromatic N) is 2. The number of rotatable bonds is 8. The van der Waals surface area contributed by atoms with Gasteiger partial charge in [0.05, 0.1) is 13.2 Å². The fourth-order valence-electron chi connectivity index (χ4n) is 1.49. The van der Waals surface area contributed by atoms with E-state index in [2.05, 4.69) is 4.98 Å². The molecule has 1 heterocycles. The van der Waals surface area contributed by atoms with Crippen LogP contribution in [0.2, 0.25) is 0 Å². The molecule has 19 heavy (non-hydrogen) atoms. The third kappa shape index (κ3) is 4.54. The van der Waals surface area contributed by atoms with Crippen molar-refractivity contribution in [2.24, 2.45) is 0 Å². The van der Waals surface area contributed by atoms with Crippen LogP contribution in [0, 0.1) is 6.92 Å². The van der Waals surface area contributed by atoms with Gasteiger partial charge in [0.2, 0.25) is 10.0 Å². The normalized spacial score (nSPS) is 12.0. The number of aromatic nitrogens is 1. The molecule has 1 aromatic rings. The van der Waals surface area contributed by atoms with Crippen molar-refractivity contribution < 1.29 is 17.9 Å². The molecule has 0 aromatic carbocycles. The van der Waals surface area contributed by atoms with Gasteiger partial charge in [-0.25, -0.2) is 8.42 Å². The molecule has 0 aliphatic heterocycles. The summed E-state index contributed by atoms with van der Waals surface area (Å²) in [5.74, 6) is 0. The average Bonchev–Trinajstić information content (AvgIpc) is 2.39.